The minimum absolute atomic E-state index is 0.247. The molecule has 3 heteroatoms. The van der Waals surface area contributed by atoms with Crippen molar-refractivity contribution in [3.63, 3.8) is 0 Å². The zero-order valence-corrected chi connectivity index (χ0v) is 11.2. The molecule has 1 saturated carbocycles. The van der Waals surface area contributed by atoms with Gasteiger partial charge in [0.15, 0.2) is 0 Å². The molecule has 0 saturated heterocycles. The van der Waals surface area contributed by atoms with E-state index in [0.29, 0.717) is 12.1 Å². The maximum Gasteiger partial charge on any atom is 0.141 e. The number of hydrogen-bond acceptors (Lipinski definition) is 2. The van der Waals surface area contributed by atoms with E-state index in [1.54, 1.807) is 6.07 Å². The second-order valence-electron chi connectivity index (χ2n) is 5.60. The van der Waals surface area contributed by atoms with Crippen molar-refractivity contribution in [2.75, 3.05) is 0 Å². The predicted molar refractivity (Wildman–Crippen MR) is 69.5 cm³/mol. The van der Waals surface area contributed by atoms with Crippen molar-refractivity contribution in [1.82, 2.24) is 4.98 Å². The molecule has 0 aromatic carbocycles. The minimum atomic E-state index is -0.895. The predicted octanol–water partition coefficient (Wildman–Crippen LogP) is 3.64. The Hall–Kier alpha value is -0.960. The Morgan fingerprint density at radius 2 is 2.00 bits per heavy atom. The van der Waals surface area contributed by atoms with Crippen LogP contribution in [0.25, 0.3) is 0 Å². The van der Waals surface area contributed by atoms with E-state index in [1.165, 1.54) is 12.3 Å². The smallest absolute Gasteiger partial charge is 0.141 e. The van der Waals surface area contributed by atoms with Crippen molar-refractivity contribution in [3.8, 4) is 0 Å². The fourth-order valence-electron chi connectivity index (χ4n) is 3.05. The highest BCUT2D eigenvalue weighted by atomic mass is 19.1. The molecule has 0 bridgehead atoms. The summed E-state index contributed by atoms with van der Waals surface area (Å²) in [4.78, 5) is 4.09. The van der Waals surface area contributed by atoms with Gasteiger partial charge in [0.2, 0.25) is 0 Å². The van der Waals surface area contributed by atoms with Crippen LogP contribution in [0.5, 0.6) is 0 Å². The average molecular weight is 251 g/mol. The van der Waals surface area contributed by atoms with Gasteiger partial charge in [-0.2, -0.15) is 0 Å². The monoisotopic (exact) mass is 251 g/mol. The molecule has 0 amide bonds. The van der Waals surface area contributed by atoms with Crippen LogP contribution in [0.3, 0.4) is 0 Å². The summed E-state index contributed by atoms with van der Waals surface area (Å²) in [6, 6.07) is 3.01. The molecule has 1 aliphatic rings. The third-order valence-electron chi connectivity index (χ3n) is 4.40. The van der Waals surface area contributed by atoms with Crippen molar-refractivity contribution in [3.05, 3.63) is 29.8 Å². The lowest BCUT2D eigenvalue weighted by atomic mass is 9.71. The molecule has 1 atom stereocenters. The van der Waals surface area contributed by atoms with Crippen LogP contribution in [0, 0.1) is 17.7 Å². The fraction of sp³-hybridized carbons (Fsp3) is 0.667. The quantitative estimate of drug-likeness (QED) is 0.889. The van der Waals surface area contributed by atoms with Gasteiger partial charge in [0.1, 0.15) is 11.4 Å². The number of hydrogen-bond donors (Lipinski definition) is 1. The van der Waals surface area contributed by atoms with Crippen LogP contribution in [0.15, 0.2) is 18.3 Å². The summed E-state index contributed by atoms with van der Waals surface area (Å²) >= 11 is 0. The lowest BCUT2D eigenvalue weighted by molar-refractivity contribution is -0.0500. The van der Waals surface area contributed by atoms with E-state index in [2.05, 4.69) is 11.9 Å². The molecule has 18 heavy (non-hydrogen) atoms. The molecule has 0 radical (unpaired) electrons. The van der Waals surface area contributed by atoms with Crippen LogP contribution in [0.4, 0.5) is 4.39 Å². The Morgan fingerprint density at radius 1 is 1.33 bits per heavy atom. The van der Waals surface area contributed by atoms with Crippen LogP contribution < -0.4 is 0 Å². The Kier molecular flexibility index (Phi) is 4.00. The maximum atomic E-state index is 12.9. The van der Waals surface area contributed by atoms with E-state index in [-0.39, 0.29) is 11.7 Å². The van der Waals surface area contributed by atoms with Crippen molar-refractivity contribution < 1.29 is 9.50 Å². The first-order chi connectivity index (χ1) is 8.56. The minimum Gasteiger partial charge on any atom is -0.383 e. The van der Waals surface area contributed by atoms with Gasteiger partial charge in [0, 0.05) is 0 Å². The largest absolute Gasteiger partial charge is 0.383 e. The highest BCUT2D eigenvalue weighted by Crippen LogP contribution is 2.42. The van der Waals surface area contributed by atoms with E-state index in [9.17, 15) is 9.50 Å². The van der Waals surface area contributed by atoms with E-state index < -0.39 is 5.60 Å². The van der Waals surface area contributed by atoms with E-state index in [1.807, 2.05) is 6.92 Å². The second kappa shape index (κ2) is 5.35. The van der Waals surface area contributed by atoms with Gasteiger partial charge in [0.25, 0.3) is 0 Å². The number of aromatic nitrogens is 1. The Labute approximate surface area is 108 Å². The van der Waals surface area contributed by atoms with Gasteiger partial charge < -0.3 is 5.11 Å². The first kappa shape index (κ1) is 13.5. The molecule has 1 N–H and O–H groups in total. The van der Waals surface area contributed by atoms with Gasteiger partial charge in [-0.15, -0.1) is 0 Å². The summed E-state index contributed by atoms with van der Waals surface area (Å²) in [7, 11) is 0. The third kappa shape index (κ3) is 2.56. The third-order valence-corrected chi connectivity index (χ3v) is 4.40. The second-order valence-corrected chi connectivity index (χ2v) is 5.60. The fourth-order valence-corrected chi connectivity index (χ4v) is 3.05. The first-order valence-corrected chi connectivity index (χ1v) is 6.90. The van der Waals surface area contributed by atoms with Gasteiger partial charge in [-0.25, -0.2) is 4.39 Å². The van der Waals surface area contributed by atoms with E-state index in [0.717, 1.165) is 31.6 Å². The van der Waals surface area contributed by atoms with Crippen molar-refractivity contribution in [1.29, 1.82) is 0 Å². The van der Waals surface area contributed by atoms with Gasteiger partial charge >= 0.3 is 0 Å². The Morgan fingerprint density at radius 3 is 2.50 bits per heavy atom. The molecule has 1 aromatic heterocycles. The molecule has 1 heterocycles. The summed E-state index contributed by atoms with van der Waals surface area (Å²) in [6.45, 7) is 4.24. The molecule has 1 aromatic rings. The summed E-state index contributed by atoms with van der Waals surface area (Å²) in [5.41, 5.74) is -0.278. The molecule has 0 aliphatic heterocycles. The Balaban J connectivity index is 2.21. The lowest BCUT2D eigenvalue weighted by Crippen LogP contribution is -2.37. The number of rotatable bonds is 3. The summed E-state index contributed by atoms with van der Waals surface area (Å²) in [5.74, 6) is 0.648. The highest BCUT2D eigenvalue weighted by Gasteiger charge is 2.39. The van der Waals surface area contributed by atoms with Gasteiger partial charge in [-0.1, -0.05) is 26.7 Å². The molecule has 100 valence electrons. The van der Waals surface area contributed by atoms with Crippen molar-refractivity contribution in [2.45, 2.75) is 51.6 Å². The number of halogens is 1. The standard InChI is InChI=1S/C15H22FNO/c1-3-15(18,12-6-4-11(2)5-7-12)14-9-8-13(16)10-17-14/h8-12,18H,3-7H2,1-2H3. The van der Waals surface area contributed by atoms with Crippen LogP contribution in [0.1, 0.15) is 51.6 Å². The molecule has 0 spiro atoms. The summed E-state index contributed by atoms with van der Waals surface area (Å²) in [6.07, 6.45) is 6.21. The van der Waals surface area contributed by atoms with Crippen molar-refractivity contribution in [2.24, 2.45) is 11.8 Å². The number of aliphatic hydroxyl groups is 1. The van der Waals surface area contributed by atoms with E-state index in [4.69, 9.17) is 0 Å². The summed E-state index contributed by atoms with van der Waals surface area (Å²) in [5, 5.41) is 10.9. The molecule has 2 nitrogen and oxygen atoms in total. The van der Waals surface area contributed by atoms with Gasteiger partial charge in [-0.3, -0.25) is 4.98 Å². The molecule has 1 unspecified atom stereocenters. The SMILES string of the molecule is CCC(O)(c1ccc(F)cn1)C1CCC(C)CC1. The van der Waals surface area contributed by atoms with Crippen LogP contribution in [-0.4, -0.2) is 10.1 Å². The molecule has 1 fully saturated rings. The highest BCUT2D eigenvalue weighted by molar-refractivity contribution is 5.15. The lowest BCUT2D eigenvalue weighted by Gasteiger charge is -2.39. The topological polar surface area (TPSA) is 33.1 Å². The zero-order chi connectivity index (χ0) is 13.2. The normalized spacial score (nSPS) is 27.8. The molecule has 1 aliphatic carbocycles. The number of pyridine rings is 1. The number of nitrogens with zero attached hydrogens (tertiary/aromatic N) is 1. The molecule has 2 rings (SSSR count). The van der Waals surface area contributed by atoms with Crippen LogP contribution >= 0.6 is 0 Å². The zero-order valence-electron chi connectivity index (χ0n) is 11.2. The van der Waals surface area contributed by atoms with Crippen LogP contribution in [-0.2, 0) is 5.60 Å². The van der Waals surface area contributed by atoms with Crippen LogP contribution in [0.2, 0.25) is 0 Å². The molecular formula is C15H22FNO. The Bertz CT molecular complexity index is 384. The average Bonchev–Trinajstić information content (AvgIpc) is 2.39. The van der Waals surface area contributed by atoms with Gasteiger partial charge in [-0.05, 0) is 43.2 Å². The molecular weight excluding hydrogens is 229 g/mol. The van der Waals surface area contributed by atoms with Gasteiger partial charge in [0.05, 0.1) is 11.9 Å². The maximum absolute atomic E-state index is 12.9. The first-order valence-electron chi connectivity index (χ1n) is 6.90. The van der Waals surface area contributed by atoms with E-state index >= 15 is 0 Å². The van der Waals surface area contributed by atoms with Crippen molar-refractivity contribution >= 4 is 0 Å². The summed E-state index contributed by atoms with van der Waals surface area (Å²) < 4.78 is 12.9.